The minimum Gasteiger partial charge on any atom is -0.475 e. The van der Waals surface area contributed by atoms with Gasteiger partial charge in [-0.1, -0.05) is 37.3 Å². The zero-order valence-corrected chi connectivity index (χ0v) is 24.9. The van der Waals surface area contributed by atoms with Gasteiger partial charge in [-0.3, -0.25) is 4.79 Å². The largest absolute Gasteiger partial charge is 0.490 e. The Bertz CT molecular complexity index is 1470. The third-order valence-corrected chi connectivity index (χ3v) is 6.59. The Morgan fingerprint density at radius 2 is 1.25 bits per heavy atom. The molecular weight excluding hydrogens is 667 g/mol. The van der Waals surface area contributed by atoms with Crippen molar-refractivity contribution in [2.24, 2.45) is 0 Å². The van der Waals surface area contributed by atoms with Crippen LogP contribution in [0.5, 0.6) is 0 Å². The molecule has 3 N–H and O–H groups in total. The molecule has 1 atom stereocenters. The molecule has 1 aromatic heterocycles. The molecule has 18 heteroatoms. The summed E-state index contributed by atoms with van der Waals surface area (Å²) in [7, 11) is 0. The van der Waals surface area contributed by atoms with E-state index in [1.54, 1.807) is 0 Å². The highest BCUT2D eigenvalue weighted by molar-refractivity contribution is 5.96. The number of hydrogen-bond acceptors (Lipinski definition) is 6. The minimum absolute atomic E-state index is 0.0383. The van der Waals surface area contributed by atoms with Gasteiger partial charge in [-0.2, -0.15) is 39.5 Å². The summed E-state index contributed by atoms with van der Waals surface area (Å²) in [6.07, 6.45) is -12.6. The molecule has 1 saturated heterocycles. The number of carbonyl (C=O) groups excluding carboxylic acids is 1. The smallest absolute Gasteiger partial charge is 0.475 e. The van der Waals surface area contributed by atoms with E-state index < -0.39 is 36.0 Å². The van der Waals surface area contributed by atoms with Crippen molar-refractivity contribution in [3.05, 3.63) is 84.1 Å². The van der Waals surface area contributed by atoms with Crippen LogP contribution in [0.4, 0.5) is 56.7 Å². The van der Waals surface area contributed by atoms with Gasteiger partial charge in [0.2, 0.25) is 5.91 Å². The van der Waals surface area contributed by atoms with Gasteiger partial charge >= 0.3 is 30.5 Å². The number of carboxylic acids is 2. The summed E-state index contributed by atoms with van der Waals surface area (Å²) in [6.45, 7) is 4.46. The molecule has 4 rings (SSSR count). The molecule has 3 aromatic rings. The maximum Gasteiger partial charge on any atom is 0.490 e. The number of alkyl halides is 9. The Kier molecular flexibility index (Phi) is 13.6. The number of carbonyl (C=O) groups is 3. The highest BCUT2D eigenvalue weighted by Gasteiger charge is 2.39. The highest BCUT2D eigenvalue weighted by atomic mass is 19.4. The monoisotopic (exact) mass is 696 g/mol. The van der Waals surface area contributed by atoms with Gasteiger partial charge in [0.05, 0.1) is 11.5 Å². The van der Waals surface area contributed by atoms with Crippen LogP contribution >= 0.6 is 0 Å². The zero-order valence-electron chi connectivity index (χ0n) is 24.9. The first-order valence-corrected chi connectivity index (χ1v) is 13.8. The molecule has 1 aliphatic heterocycles. The topological polar surface area (TPSA) is 123 Å². The van der Waals surface area contributed by atoms with Crippen molar-refractivity contribution >= 4 is 35.0 Å². The molecule has 0 unspecified atom stereocenters. The number of nitrogens with zero attached hydrogens (tertiary/aromatic N) is 3. The van der Waals surface area contributed by atoms with Gasteiger partial charge in [-0.15, -0.1) is 0 Å². The predicted octanol–water partition coefficient (Wildman–Crippen LogP) is 6.83. The molecule has 0 bridgehead atoms. The van der Waals surface area contributed by atoms with Gasteiger partial charge in [-0.05, 0) is 48.4 Å². The average molecular weight is 697 g/mol. The van der Waals surface area contributed by atoms with Gasteiger partial charge in [0.1, 0.15) is 5.82 Å². The van der Waals surface area contributed by atoms with Gasteiger partial charge in [-0.25, -0.2) is 14.6 Å². The van der Waals surface area contributed by atoms with Gasteiger partial charge in [0, 0.05) is 43.8 Å². The number of halogens is 9. The lowest BCUT2D eigenvalue weighted by atomic mass is 9.95. The number of nitrogens with one attached hydrogen (secondary N) is 1. The number of anilines is 3. The Balaban J connectivity index is 0.000000479. The molecule has 2 heterocycles. The van der Waals surface area contributed by atoms with Crippen molar-refractivity contribution in [2.45, 2.75) is 37.8 Å². The Morgan fingerprint density at radius 1 is 0.771 bits per heavy atom. The first-order chi connectivity index (χ1) is 22.2. The van der Waals surface area contributed by atoms with Crippen molar-refractivity contribution in [3.63, 3.8) is 0 Å². The Hall–Kier alpha value is -5.03. The molecule has 1 aliphatic rings. The van der Waals surface area contributed by atoms with E-state index in [2.05, 4.69) is 15.2 Å². The molecule has 0 saturated carbocycles. The van der Waals surface area contributed by atoms with E-state index in [0.29, 0.717) is 38.4 Å². The maximum atomic E-state index is 13.0. The van der Waals surface area contributed by atoms with Crippen molar-refractivity contribution in [2.75, 3.05) is 41.3 Å². The lowest BCUT2D eigenvalue weighted by Crippen LogP contribution is -2.46. The van der Waals surface area contributed by atoms with E-state index in [1.807, 2.05) is 66.4 Å². The van der Waals surface area contributed by atoms with E-state index in [0.717, 1.165) is 29.1 Å². The van der Waals surface area contributed by atoms with Crippen LogP contribution in [0.3, 0.4) is 0 Å². The number of aromatic nitrogens is 1. The molecule has 262 valence electrons. The van der Waals surface area contributed by atoms with E-state index in [1.165, 1.54) is 6.20 Å². The van der Waals surface area contributed by atoms with E-state index in [-0.39, 0.29) is 11.8 Å². The standard InChI is InChI=1S/C26H27F3N4O.2C2HF3O2/c1-2-23(19-6-4-3-5-7-19)25(34)31-21-8-10-22(11-9-21)32-14-16-33(17-15-32)24-18-20(12-13-30-24)26(27,28)29;2*3-2(4,5)1(6)7/h3-13,18,23H,2,14-17H2,1H3,(H,31,34);2*(H,6,7)/t23-;;/m0../s1. The van der Waals surface area contributed by atoms with Crippen LogP contribution in [-0.2, 0) is 20.6 Å². The summed E-state index contributed by atoms with van der Waals surface area (Å²) in [4.78, 5) is 38.7. The predicted molar refractivity (Wildman–Crippen MR) is 156 cm³/mol. The molecule has 0 spiro atoms. The third kappa shape index (κ3) is 12.3. The number of rotatable bonds is 6. The van der Waals surface area contributed by atoms with Gasteiger partial charge < -0.3 is 25.3 Å². The fourth-order valence-electron chi connectivity index (χ4n) is 4.20. The average Bonchev–Trinajstić information content (AvgIpc) is 3.02. The van der Waals surface area contributed by atoms with Gasteiger partial charge in [0.25, 0.3) is 0 Å². The molecule has 0 aliphatic carbocycles. The number of aliphatic carboxylic acids is 2. The summed E-state index contributed by atoms with van der Waals surface area (Å²) >= 11 is 0. The normalized spacial score (nSPS) is 14.0. The fraction of sp³-hybridized carbons (Fsp3) is 0.333. The van der Waals surface area contributed by atoms with Crippen LogP contribution in [0.1, 0.15) is 30.4 Å². The van der Waals surface area contributed by atoms with E-state index >= 15 is 0 Å². The summed E-state index contributed by atoms with van der Waals surface area (Å²) in [5.74, 6) is -5.42. The van der Waals surface area contributed by atoms with Crippen molar-refractivity contribution < 1.29 is 64.1 Å². The fourth-order valence-corrected chi connectivity index (χ4v) is 4.20. The Morgan fingerprint density at radius 3 is 1.69 bits per heavy atom. The van der Waals surface area contributed by atoms with Crippen LogP contribution in [-0.4, -0.2) is 71.6 Å². The SMILES string of the molecule is CC[C@H](C(=O)Nc1ccc(N2CCN(c3cc(C(F)(F)F)ccn3)CC2)cc1)c1ccccc1.O=C(O)C(F)(F)F.O=C(O)C(F)(F)F. The van der Waals surface area contributed by atoms with Crippen molar-refractivity contribution in [1.82, 2.24) is 4.98 Å². The number of pyridine rings is 1. The van der Waals surface area contributed by atoms with Crippen LogP contribution < -0.4 is 15.1 Å². The lowest BCUT2D eigenvalue weighted by Gasteiger charge is -2.37. The first-order valence-electron chi connectivity index (χ1n) is 13.8. The molecule has 1 fully saturated rings. The molecular formula is C30H29F9N4O5. The van der Waals surface area contributed by atoms with Crippen molar-refractivity contribution in [1.29, 1.82) is 0 Å². The van der Waals surface area contributed by atoms with E-state index in [9.17, 15) is 44.3 Å². The minimum atomic E-state index is -5.08. The third-order valence-electron chi connectivity index (χ3n) is 6.59. The number of hydrogen-bond donors (Lipinski definition) is 3. The quantitative estimate of drug-likeness (QED) is 0.240. The summed E-state index contributed by atoms with van der Waals surface area (Å²) in [5.41, 5.74) is 2.04. The molecule has 9 nitrogen and oxygen atoms in total. The first kappa shape index (κ1) is 39.1. The maximum absolute atomic E-state index is 13.0. The lowest BCUT2D eigenvalue weighted by molar-refractivity contribution is -0.193. The summed E-state index contributed by atoms with van der Waals surface area (Å²) in [5, 5.41) is 17.3. The second-order valence-corrected chi connectivity index (χ2v) is 9.89. The second-order valence-electron chi connectivity index (χ2n) is 9.89. The Labute approximate surface area is 267 Å². The van der Waals surface area contributed by atoms with Crippen LogP contribution in [0, 0.1) is 0 Å². The summed E-state index contributed by atoms with van der Waals surface area (Å²) in [6, 6.07) is 19.5. The molecule has 48 heavy (non-hydrogen) atoms. The van der Waals surface area contributed by atoms with Crippen molar-refractivity contribution in [3.8, 4) is 0 Å². The summed E-state index contributed by atoms with van der Waals surface area (Å²) < 4.78 is 102. The number of piperazine rings is 1. The molecule has 2 aromatic carbocycles. The number of amides is 1. The van der Waals surface area contributed by atoms with Crippen LogP contribution in [0.25, 0.3) is 0 Å². The zero-order chi connectivity index (χ0) is 36.3. The highest BCUT2D eigenvalue weighted by Crippen LogP contribution is 2.31. The molecule has 1 amide bonds. The van der Waals surface area contributed by atoms with Gasteiger partial charge in [0.15, 0.2) is 0 Å². The van der Waals surface area contributed by atoms with Crippen LogP contribution in [0.15, 0.2) is 72.9 Å². The number of carboxylic acid groups (broad SMARTS) is 2. The second kappa shape index (κ2) is 16.7. The molecule has 0 radical (unpaired) electrons. The van der Waals surface area contributed by atoms with Crippen LogP contribution in [0.2, 0.25) is 0 Å². The number of benzene rings is 2. The van der Waals surface area contributed by atoms with E-state index in [4.69, 9.17) is 19.8 Å².